The van der Waals surface area contributed by atoms with Gasteiger partial charge in [0.15, 0.2) is 11.5 Å². The van der Waals surface area contributed by atoms with Gasteiger partial charge >= 0.3 is 5.97 Å². The third-order valence-electron chi connectivity index (χ3n) is 5.60. The lowest BCUT2D eigenvalue weighted by molar-refractivity contribution is -0.140. The first-order valence-electron chi connectivity index (χ1n) is 10.7. The molecule has 174 valence electrons. The average molecular weight is 453 g/mol. The molecule has 0 aliphatic carbocycles. The predicted molar refractivity (Wildman–Crippen MR) is 121 cm³/mol. The number of aliphatic hydroxyl groups is 1. The molecule has 1 heterocycles. The van der Waals surface area contributed by atoms with Crippen LogP contribution in [0.25, 0.3) is 5.76 Å². The highest BCUT2D eigenvalue weighted by molar-refractivity contribution is 6.46. The van der Waals surface area contributed by atoms with E-state index < -0.39 is 23.7 Å². The first-order chi connectivity index (χ1) is 15.9. The van der Waals surface area contributed by atoms with Crippen LogP contribution in [0.2, 0.25) is 0 Å². The van der Waals surface area contributed by atoms with Gasteiger partial charge in [0, 0.05) is 18.5 Å². The van der Waals surface area contributed by atoms with E-state index >= 15 is 0 Å². The van der Waals surface area contributed by atoms with Gasteiger partial charge in [-0.3, -0.25) is 14.4 Å². The van der Waals surface area contributed by atoms with E-state index in [9.17, 15) is 19.5 Å². The Kier molecular flexibility index (Phi) is 7.71. The molecule has 1 aliphatic heterocycles. The summed E-state index contributed by atoms with van der Waals surface area (Å²) in [6, 6.07) is 12.9. The largest absolute Gasteiger partial charge is 0.507 e. The van der Waals surface area contributed by atoms with Crippen LogP contribution >= 0.6 is 0 Å². The minimum absolute atomic E-state index is 0.00366. The maximum atomic E-state index is 13.0. The number of hydrogen-bond acceptors (Lipinski definition) is 6. The number of aliphatic carboxylic acids is 1. The standard InChI is InChI=1S/C25H27NO7/c1-32-18-13-12-17(15-19(18)33-2)22-21(23(29)16-9-5-3-6-10-16)24(30)25(31)26(22)14-8-4-7-11-20(27)28/h3,5-6,9-10,12-13,15,22,29H,4,7-8,11,14H2,1-2H3,(H,27,28)/t22-/m0/s1. The lowest BCUT2D eigenvalue weighted by Gasteiger charge is -2.26. The van der Waals surface area contributed by atoms with Gasteiger partial charge in [-0.2, -0.15) is 0 Å². The molecule has 0 bridgehead atoms. The minimum atomic E-state index is -0.872. The first kappa shape index (κ1) is 23.8. The molecule has 2 N–H and O–H groups in total. The number of carboxylic acids is 1. The van der Waals surface area contributed by atoms with Crippen molar-refractivity contribution in [2.45, 2.75) is 31.7 Å². The van der Waals surface area contributed by atoms with Gasteiger partial charge in [-0.1, -0.05) is 42.8 Å². The van der Waals surface area contributed by atoms with Crippen LogP contribution in [0.3, 0.4) is 0 Å². The van der Waals surface area contributed by atoms with Crippen LogP contribution in [0.5, 0.6) is 11.5 Å². The summed E-state index contributed by atoms with van der Waals surface area (Å²) in [7, 11) is 3.00. The van der Waals surface area contributed by atoms with Crippen molar-refractivity contribution in [3.8, 4) is 11.5 Å². The molecule has 1 atom stereocenters. The zero-order valence-electron chi connectivity index (χ0n) is 18.6. The Hall–Kier alpha value is -3.81. The van der Waals surface area contributed by atoms with Crippen LogP contribution in [0.4, 0.5) is 0 Å². The van der Waals surface area contributed by atoms with E-state index in [4.69, 9.17) is 14.6 Å². The number of ketones is 1. The molecular formula is C25H27NO7. The van der Waals surface area contributed by atoms with Gasteiger partial charge in [0.1, 0.15) is 5.76 Å². The Labute approximate surface area is 192 Å². The smallest absolute Gasteiger partial charge is 0.303 e. The van der Waals surface area contributed by atoms with Crippen LogP contribution < -0.4 is 9.47 Å². The number of Topliss-reactive ketones (excluding diaryl/α,β-unsaturated/α-hetero) is 1. The number of hydrogen-bond donors (Lipinski definition) is 2. The van der Waals surface area contributed by atoms with Crippen LogP contribution in [0, 0.1) is 0 Å². The highest BCUT2D eigenvalue weighted by Gasteiger charge is 2.46. The summed E-state index contributed by atoms with van der Waals surface area (Å²) in [5.74, 6) is -1.66. The maximum Gasteiger partial charge on any atom is 0.303 e. The Morgan fingerprint density at radius 2 is 1.64 bits per heavy atom. The van der Waals surface area contributed by atoms with Gasteiger partial charge in [0.25, 0.3) is 11.7 Å². The molecule has 0 aromatic heterocycles. The topological polar surface area (TPSA) is 113 Å². The number of amides is 1. The third kappa shape index (κ3) is 5.16. The minimum Gasteiger partial charge on any atom is -0.507 e. The zero-order chi connectivity index (χ0) is 24.0. The van der Waals surface area contributed by atoms with Crippen LogP contribution in [0.1, 0.15) is 42.9 Å². The molecule has 0 unspecified atom stereocenters. The van der Waals surface area contributed by atoms with Crippen molar-refractivity contribution in [2.75, 3.05) is 20.8 Å². The van der Waals surface area contributed by atoms with Gasteiger partial charge in [0.05, 0.1) is 25.8 Å². The number of benzene rings is 2. The summed E-state index contributed by atoms with van der Waals surface area (Å²) in [5.41, 5.74) is 1.03. The lowest BCUT2D eigenvalue weighted by Crippen LogP contribution is -2.30. The third-order valence-corrected chi connectivity index (χ3v) is 5.60. The van der Waals surface area contributed by atoms with Crippen molar-refractivity contribution in [3.63, 3.8) is 0 Å². The average Bonchev–Trinajstić information content (AvgIpc) is 3.08. The number of carboxylic acid groups (broad SMARTS) is 1. The molecule has 1 aliphatic rings. The molecule has 8 heteroatoms. The van der Waals surface area contributed by atoms with E-state index in [1.165, 1.54) is 19.1 Å². The molecule has 3 rings (SSSR count). The Morgan fingerprint density at radius 1 is 0.939 bits per heavy atom. The highest BCUT2D eigenvalue weighted by Crippen LogP contribution is 2.42. The normalized spacial score (nSPS) is 17.3. The summed E-state index contributed by atoms with van der Waals surface area (Å²) < 4.78 is 10.7. The van der Waals surface area contributed by atoms with E-state index in [1.807, 2.05) is 0 Å². The fourth-order valence-corrected chi connectivity index (χ4v) is 3.97. The van der Waals surface area contributed by atoms with Crippen molar-refractivity contribution in [2.24, 2.45) is 0 Å². The predicted octanol–water partition coefficient (Wildman–Crippen LogP) is 3.77. The molecule has 1 saturated heterocycles. The van der Waals surface area contributed by atoms with Gasteiger partial charge in [-0.15, -0.1) is 0 Å². The van der Waals surface area contributed by atoms with E-state index in [0.717, 1.165) is 0 Å². The molecule has 1 amide bonds. The molecule has 8 nitrogen and oxygen atoms in total. The first-order valence-corrected chi connectivity index (χ1v) is 10.7. The molecular weight excluding hydrogens is 426 g/mol. The number of carbonyl (C=O) groups is 3. The molecule has 1 fully saturated rings. The molecule has 33 heavy (non-hydrogen) atoms. The van der Waals surface area contributed by atoms with Crippen LogP contribution in [0.15, 0.2) is 54.1 Å². The monoisotopic (exact) mass is 453 g/mol. The number of unbranched alkanes of at least 4 members (excludes halogenated alkanes) is 2. The maximum absolute atomic E-state index is 13.0. The second-order valence-corrected chi connectivity index (χ2v) is 7.68. The van der Waals surface area contributed by atoms with Gasteiger partial charge in [-0.25, -0.2) is 0 Å². The highest BCUT2D eigenvalue weighted by atomic mass is 16.5. The number of ether oxygens (including phenoxy) is 2. The SMILES string of the molecule is COc1ccc([C@H]2C(=C(O)c3ccccc3)C(=O)C(=O)N2CCCCCC(=O)O)cc1OC. The van der Waals surface area contributed by atoms with Crippen molar-refractivity contribution >= 4 is 23.4 Å². The lowest BCUT2D eigenvalue weighted by atomic mass is 9.95. The molecule has 2 aromatic rings. The number of likely N-dealkylation sites (tertiary alicyclic amines) is 1. The fraction of sp³-hybridized carbons (Fsp3) is 0.320. The van der Waals surface area contributed by atoms with E-state index in [0.29, 0.717) is 41.9 Å². The molecule has 0 spiro atoms. The van der Waals surface area contributed by atoms with Crippen molar-refractivity contribution in [3.05, 3.63) is 65.2 Å². The van der Waals surface area contributed by atoms with Crippen LogP contribution in [-0.2, 0) is 14.4 Å². The van der Waals surface area contributed by atoms with Gasteiger partial charge < -0.3 is 24.6 Å². The summed E-state index contributed by atoms with van der Waals surface area (Å²) in [5, 5.41) is 19.8. The summed E-state index contributed by atoms with van der Waals surface area (Å²) in [4.78, 5) is 38.2. The summed E-state index contributed by atoms with van der Waals surface area (Å²) >= 11 is 0. The zero-order valence-corrected chi connectivity index (χ0v) is 18.6. The van der Waals surface area contributed by atoms with Crippen LogP contribution in [-0.4, -0.2) is 53.5 Å². The number of aliphatic hydroxyl groups excluding tert-OH is 1. The van der Waals surface area contributed by atoms with E-state index in [2.05, 4.69) is 0 Å². The number of nitrogens with zero attached hydrogens (tertiary/aromatic N) is 1. The molecule has 0 saturated carbocycles. The van der Waals surface area contributed by atoms with E-state index in [1.54, 1.807) is 48.5 Å². The second kappa shape index (κ2) is 10.7. The number of methoxy groups -OCH3 is 2. The summed E-state index contributed by atoms with van der Waals surface area (Å²) in [6.45, 7) is 0.245. The number of carbonyl (C=O) groups excluding carboxylic acids is 2. The van der Waals surface area contributed by atoms with Crippen molar-refractivity contribution < 1.29 is 34.1 Å². The van der Waals surface area contributed by atoms with Gasteiger partial charge in [-0.05, 0) is 30.5 Å². The van der Waals surface area contributed by atoms with Crippen molar-refractivity contribution in [1.29, 1.82) is 0 Å². The number of rotatable bonds is 10. The van der Waals surface area contributed by atoms with Crippen molar-refractivity contribution in [1.82, 2.24) is 4.90 Å². The Balaban J connectivity index is 2.02. The van der Waals surface area contributed by atoms with E-state index in [-0.39, 0.29) is 24.3 Å². The molecule has 2 aromatic carbocycles. The Bertz CT molecular complexity index is 1060. The Morgan fingerprint density at radius 3 is 2.27 bits per heavy atom. The molecule has 0 radical (unpaired) electrons. The second-order valence-electron chi connectivity index (χ2n) is 7.68. The van der Waals surface area contributed by atoms with Gasteiger partial charge in [0.2, 0.25) is 0 Å². The summed E-state index contributed by atoms with van der Waals surface area (Å²) in [6.07, 6.45) is 1.64. The fourth-order valence-electron chi connectivity index (χ4n) is 3.97. The quantitative estimate of drug-likeness (QED) is 0.244.